The van der Waals surface area contributed by atoms with Gasteiger partial charge in [0.2, 0.25) is 0 Å². The molecule has 1 aliphatic rings. The van der Waals surface area contributed by atoms with Crippen molar-refractivity contribution in [2.24, 2.45) is 0 Å². The topological polar surface area (TPSA) is 62.6 Å². The van der Waals surface area contributed by atoms with E-state index in [0.29, 0.717) is 23.1 Å². The molecule has 1 fully saturated rings. The fourth-order valence-electron chi connectivity index (χ4n) is 4.29. The number of aryl methyl sites for hydroxylation is 1. The smallest absolute Gasteiger partial charge is 0.410 e. The Labute approximate surface area is 177 Å². The number of halogens is 2. The molecule has 4 rings (SSSR count). The van der Waals surface area contributed by atoms with Crippen molar-refractivity contribution in [2.75, 3.05) is 13.1 Å². The number of likely N-dealkylation sites (tertiary alicyclic amines) is 1. The molecule has 6 nitrogen and oxygen atoms in total. The van der Waals surface area contributed by atoms with Crippen LogP contribution in [0.5, 0.6) is 0 Å². The average Bonchev–Trinajstić information content (AvgIpc) is 3.07. The van der Waals surface area contributed by atoms with Gasteiger partial charge < -0.3 is 14.6 Å². The molecule has 8 heteroatoms. The number of aromatic nitrogens is 3. The Balaban J connectivity index is 1.67. The standard InChI is InChI=1S/C21H26BrFN4O2/c1-12-16(18-24-15-11-13(23)10-14(22)17(15)27(18)25-12)21(5)6-8-26(9-7-21)19(28)29-20(2,3)4/h10-11,24H,6-9H2,1-5H3. The van der Waals surface area contributed by atoms with E-state index in [4.69, 9.17) is 9.84 Å². The Morgan fingerprint density at radius 3 is 2.59 bits per heavy atom. The van der Waals surface area contributed by atoms with Gasteiger partial charge in [-0.1, -0.05) is 6.92 Å². The molecule has 1 amide bonds. The number of piperidine rings is 1. The van der Waals surface area contributed by atoms with E-state index >= 15 is 0 Å². The number of nitrogens with one attached hydrogen (secondary N) is 1. The molecule has 3 aromatic rings. The summed E-state index contributed by atoms with van der Waals surface area (Å²) in [6.45, 7) is 11.1. The number of H-pyrrole nitrogens is 1. The molecular formula is C21H26BrFN4O2. The summed E-state index contributed by atoms with van der Waals surface area (Å²) >= 11 is 3.46. The van der Waals surface area contributed by atoms with E-state index in [-0.39, 0.29) is 17.3 Å². The maximum absolute atomic E-state index is 13.8. The summed E-state index contributed by atoms with van der Waals surface area (Å²) in [7, 11) is 0. The van der Waals surface area contributed by atoms with Gasteiger partial charge in [0.15, 0.2) is 0 Å². The quantitative estimate of drug-likeness (QED) is 0.530. The van der Waals surface area contributed by atoms with Crippen molar-refractivity contribution in [2.45, 2.75) is 58.5 Å². The number of fused-ring (bicyclic) bond motifs is 3. The minimum Gasteiger partial charge on any atom is -0.444 e. The highest BCUT2D eigenvalue weighted by molar-refractivity contribution is 9.10. The first-order valence-corrected chi connectivity index (χ1v) is 10.6. The molecule has 0 radical (unpaired) electrons. The zero-order valence-corrected chi connectivity index (χ0v) is 19.0. The Morgan fingerprint density at radius 1 is 1.31 bits per heavy atom. The van der Waals surface area contributed by atoms with Gasteiger partial charge in [0, 0.05) is 28.5 Å². The molecule has 1 aliphatic heterocycles. The number of hydrogen-bond donors (Lipinski definition) is 1. The number of carbonyl (C=O) groups excluding carboxylic acids is 1. The number of aromatic amines is 1. The molecule has 0 unspecified atom stereocenters. The number of rotatable bonds is 1. The third-order valence-corrected chi connectivity index (χ3v) is 6.28. The summed E-state index contributed by atoms with van der Waals surface area (Å²) in [5.74, 6) is -0.302. The van der Waals surface area contributed by atoms with Gasteiger partial charge in [0.05, 0.1) is 11.2 Å². The largest absolute Gasteiger partial charge is 0.444 e. The Hall–Kier alpha value is -2.09. The van der Waals surface area contributed by atoms with Gasteiger partial charge in [0.25, 0.3) is 0 Å². The summed E-state index contributed by atoms with van der Waals surface area (Å²) in [4.78, 5) is 17.6. The average molecular weight is 465 g/mol. The number of amides is 1. The van der Waals surface area contributed by atoms with Crippen molar-refractivity contribution in [3.63, 3.8) is 0 Å². The van der Waals surface area contributed by atoms with E-state index in [9.17, 15) is 9.18 Å². The molecule has 29 heavy (non-hydrogen) atoms. The highest BCUT2D eigenvalue weighted by Gasteiger charge is 2.38. The zero-order valence-electron chi connectivity index (χ0n) is 17.4. The summed E-state index contributed by atoms with van der Waals surface area (Å²) in [5.41, 5.74) is 3.85. The molecule has 0 bridgehead atoms. The summed E-state index contributed by atoms with van der Waals surface area (Å²) < 4.78 is 21.9. The van der Waals surface area contributed by atoms with Crippen molar-refractivity contribution in [1.82, 2.24) is 19.5 Å². The van der Waals surface area contributed by atoms with Gasteiger partial charge >= 0.3 is 6.09 Å². The molecule has 156 valence electrons. The molecular weight excluding hydrogens is 439 g/mol. The second-order valence-corrected chi connectivity index (χ2v) is 10.0. The van der Waals surface area contributed by atoms with Crippen LogP contribution < -0.4 is 0 Å². The predicted octanol–water partition coefficient (Wildman–Crippen LogP) is 5.31. The van der Waals surface area contributed by atoms with Gasteiger partial charge in [-0.2, -0.15) is 5.10 Å². The molecule has 0 aliphatic carbocycles. The minimum absolute atomic E-state index is 0.143. The van der Waals surface area contributed by atoms with Gasteiger partial charge in [-0.25, -0.2) is 13.7 Å². The van der Waals surface area contributed by atoms with Crippen LogP contribution in [0.1, 0.15) is 51.8 Å². The predicted molar refractivity (Wildman–Crippen MR) is 114 cm³/mol. The third kappa shape index (κ3) is 3.52. The molecule has 0 atom stereocenters. The van der Waals surface area contributed by atoms with Crippen LogP contribution in [0.25, 0.3) is 16.7 Å². The molecule has 1 saturated heterocycles. The van der Waals surface area contributed by atoms with Gasteiger partial charge in [-0.05, 0) is 68.6 Å². The second-order valence-electron chi connectivity index (χ2n) is 9.16. The van der Waals surface area contributed by atoms with E-state index in [2.05, 4.69) is 27.8 Å². The lowest BCUT2D eigenvalue weighted by Crippen LogP contribution is -2.46. The van der Waals surface area contributed by atoms with Crippen molar-refractivity contribution in [3.05, 3.63) is 33.7 Å². The number of imidazole rings is 1. The van der Waals surface area contributed by atoms with Crippen LogP contribution in [-0.2, 0) is 10.2 Å². The van der Waals surface area contributed by atoms with Crippen molar-refractivity contribution < 1.29 is 13.9 Å². The third-order valence-electron chi connectivity index (χ3n) is 5.68. The van der Waals surface area contributed by atoms with Crippen LogP contribution in [-0.4, -0.2) is 44.3 Å². The fourth-order valence-corrected chi connectivity index (χ4v) is 4.89. The number of nitrogens with zero attached hydrogens (tertiary/aromatic N) is 3. The molecule has 1 aromatic carbocycles. The van der Waals surface area contributed by atoms with Crippen LogP contribution >= 0.6 is 15.9 Å². The van der Waals surface area contributed by atoms with E-state index in [1.54, 1.807) is 4.90 Å². The first kappa shape index (κ1) is 20.2. The van der Waals surface area contributed by atoms with Crippen LogP contribution in [0.4, 0.5) is 9.18 Å². The highest BCUT2D eigenvalue weighted by atomic mass is 79.9. The Kier molecular flexibility index (Phi) is 4.68. The van der Waals surface area contributed by atoms with Crippen LogP contribution in [0.2, 0.25) is 0 Å². The van der Waals surface area contributed by atoms with Gasteiger partial charge in [-0.3, -0.25) is 0 Å². The number of ether oxygens (including phenoxy) is 1. The van der Waals surface area contributed by atoms with E-state index in [1.807, 2.05) is 32.2 Å². The SMILES string of the molecule is Cc1nn2c([nH]c3cc(F)cc(Br)c32)c1C1(C)CCN(C(=O)OC(C)(C)C)CC1. The molecule has 1 N–H and O–H groups in total. The van der Waals surface area contributed by atoms with Crippen molar-refractivity contribution in [3.8, 4) is 0 Å². The van der Waals surface area contributed by atoms with E-state index in [1.165, 1.54) is 12.1 Å². The first-order chi connectivity index (χ1) is 13.5. The van der Waals surface area contributed by atoms with Crippen LogP contribution in [0, 0.1) is 12.7 Å². The Morgan fingerprint density at radius 2 is 1.97 bits per heavy atom. The Bertz CT molecular complexity index is 1100. The zero-order chi connectivity index (χ0) is 21.1. The molecule has 2 aromatic heterocycles. The maximum Gasteiger partial charge on any atom is 0.410 e. The number of hydrogen-bond acceptors (Lipinski definition) is 3. The van der Waals surface area contributed by atoms with Crippen LogP contribution in [0.3, 0.4) is 0 Å². The maximum atomic E-state index is 13.8. The highest BCUT2D eigenvalue weighted by Crippen LogP contribution is 2.40. The van der Waals surface area contributed by atoms with E-state index in [0.717, 1.165) is 35.3 Å². The lowest BCUT2D eigenvalue weighted by Gasteiger charge is -2.39. The second kappa shape index (κ2) is 6.72. The molecule has 3 heterocycles. The van der Waals surface area contributed by atoms with Crippen molar-refractivity contribution >= 4 is 38.7 Å². The number of benzene rings is 1. The lowest BCUT2D eigenvalue weighted by molar-refractivity contribution is 0.0172. The number of carbonyl (C=O) groups is 1. The molecule has 0 saturated carbocycles. The van der Waals surface area contributed by atoms with Crippen molar-refractivity contribution in [1.29, 1.82) is 0 Å². The summed E-state index contributed by atoms with van der Waals surface area (Å²) in [6, 6.07) is 2.94. The summed E-state index contributed by atoms with van der Waals surface area (Å²) in [6.07, 6.45) is 1.35. The van der Waals surface area contributed by atoms with Crippen LogP contribution in [0.15, 0.2) is 16.6 Å². The normalized spacial score (nSPS) is 17.3. The first-order valence-electron chi connectivity index (χ1n) is 9.83. The van der Waals surface area contributed by atoms with E-state index < -0.39 is 5.60 Å². The monoisotopic (exact) mass is 464 g/mol. The summed E-state index contributed by atoms with van der Waals surface area (Å²) in [5, 5.41) is 4.74. The minimum atomic E-state index is -0.500. The fraction of sp³-hybridized carbons (Fsp3) is 0.524. The molecule has 0 spiro atoms. The van der Waals surface area contributed by atoms with Gasteiger partial charge in [-0.15, -0.1) is 0 Å². The van der Waals surface area contributed by atoms with Gasteiger partial charge in [0.1, 0.15) is 22.6 Å². The lowest BCUT2D eigenvalue weighted by atomic mass is 9.74.